The summed E-state index contributed by atoms with van der Waals surface area (Å²) >= 11 is 0. The summed E-state index contributed by atoms with van der Waals surface area (Å²) in [6.07, 6.45) is 0. The maximum Gasteiger partial charge on any atom is 0.120 e. The standard InChI is InChI=1S/C16H11N3/c1-2-5-12-10-13(9-8-11(12)4-1)14-6-3-7-15-16(14)18-19-17-15/h1-10H,(H,17,18,19). The van der Waals surface area contributed by atoms with E-state index < -0.39 is 0 Å². The predicted octanol–water partition coefficient (Wildman–Crippen LogP) is 3.78. The first-order valence-electron chi connectivity index (χ1n) is 6.20. The monoisotopic (exact) mass is 245 g/mol. The van der Waals surface area contributed by atoms with E-state index in [1.54, 1.807) is 0 Å². The molecule has 3 nitrogen and oxygen atoms in total. The van der Waals surface area contributed by atoms with Crippen molar-refractivity contribution in [3.05, 3.63) is 60.7 Å². The van der Waals surface area contributed by atoms with E-state index in [9.17, 15) is 0 Å². The van der Waals surface area contributed by atoms with Gasteiger partial charge in [0.05, 0.1) is 0 Å². The number of benzene rings is 3. The van der Waals surface area contributed by atoms with Crippen molar-refractivity contribution in [2.75, 3.05) is 0 Å². The normalized spacial score (nSPS) is 11.2. The van der Waals surface area contributed by atoms with Crippen molar-refractivity contribution in [2.45, 2.75) is 0 Å². The van der Waals surface area contributed by atoms with Gasteiger partial charge < -0.3 is 0 Å². The number of para-hydroxylation sites is 1. The molecule has 90 valence electrons. The van der Waals surface area contributed by atoms with Gasteiger partial charge in [-0.3, -0.25) is 0 Å². The van der Waals surface area contributed by atoms with Crippen LogP contribution in [0, 0.1) is 0 Å². The molecule has 0 bridgehead atoms. The Morgan fingerprint density at radius 3 is 2.58 bits per heavy atom. The molecule has 0 aliphatic rings. The van der Waals surface area contributed by atoms with Crippen LogP contribution in [-0.2, 0) is 0 Å². The fraction of sp³-hybridized carbons (Fsp3) is 0. The number of nitrogens with zero attached hydrogens (tertiary/aromatic N) is 2. The number of aromatic nitrogens is 3. The largest absolute Gasteiger partial charge is 0.197 e. The highest BCUT2D eigenvalue weighted by Crippen LogP contribution is 2.28. The van der Waals surface area contributed by atoms with Gasteiger partial charge in [-0.15, -0.1) is 0 Å². The van der Waals surface area contributed by atoms with E-state index in [0.29, 0.717) is 0 Å². The van der Waals surface area contributed by atoms with Crippen LogP contribution >= 0.6 is 0 Å². The van der Waals surface area contributed by atoms with E-state index in [4.69, 9.17) is 0 Å². The average molecular weight is 245 g/mol. The van der Waals surface area contributed by atoms with E-state index in [0.717, 1.165) is 16.6 Å². The highest BCUT2D eigenvalue weighted by molar-refractivity contribution is 5.95. The molecule has 0 saturated carbocycles. The van der Waals surface area contributed by atoms with Gasteiger partial charge in [-0.2, -0.15) is 15.4 Å². The van der Waals surface area contributed by atoms with E-state index >= 15 is 0 Å². The Balaban J connectivity index is 2.01. The molecule has 0 amide bonds. The molecule has 0 atom stereocenters. The van der Waals surface area contributed by atoms with Gasteiger partial charge in [0.15, 0.2) is 0 Å². The van der Waals surface area contributed by atoms with Gasteiger partial charge in [0.2, 0.25) is 0 Å². The summed E-state index contributed by atoms with van der Waals surface area (Å²) in [4.78, 5) is 0. The lowest BCUT2D eigenvalue weighted by atomic mass is 10.0. The molecular weight excluding hydrogens is 234 g/mol. The molecule has 0 aliphatic heterocycles. The van der Waals surface area contributed by atoms with Gasteiger partial charge in [0.25, 0.3) is 0 Å². The van der Waals surface area contributed by atoms with Crippen LogP contribution in [0.4, 0.5) is 0 Å². The highest BCUT2D eigenvalue weighted by Gasteiger charge is 2.07. The summed E-state index contributed by atoms with van der Waals surface area (Å²) in [6, 6.07) is 20.9. The van der Waals surface area contributed by atoms with Gasteiger partial charge in [-0.05, 0) is 28.5 Å². The van der Waals surface area contributed by atoms with Crippen molar-refractivity contribution >= 4 is 21.8 Å². The molecule has 0 aliphatic carbocycles. The molecule has 0 spiro atoms. The van der Waals surface area contributed by atoms with Gasteiger partial charge in [-0.1, -0.05) is 48.5 Å². The predicted molar refractivity (Wildman–Crippen MR) is 76.8 cm³/mol. The maximum atomic E-state index is 4.24. The minimum Gasteiger partial charge on any atom is -0.197 e. The van der Waals surface area contributed by atoms with Crippen LogP contribution in [0.25, 0.3) is 32.9 Å². The summed E-state index contributed by atoms with van der Waals surface area (Å²) in [6.45, 7) is 0. The summed E-state index contributed by atoms with van der Waals surface area (Å²) in [5.41, 5.74) is 4.08. The third-order valence-corrected chi connectivity index (χ3v) is 3.41. The van der Waals surface area contributed by atoms with E-state index in [2.05, 4.69) is 63.9 Å². The van der Waals surface area contributed by atoms with Crippen LogP contribution in [0.15, 0.2) is 60.7 Å². The third kappa shape index (κ3) is 1.59. The molecule has 1 heterocycles. The second kappa shape index (κ2) is 3.92. The summed E-state index contributed by atoms with van der Waals surface area (Å²) in [5, 5.41) is 13.5. The molecule has 1 aromatic heterocycles. The zero-order valence-electron chi connectivity index (χ0n) is 10.2. The van der Waals surface area contributed by atoms with Crippen molar-refractivity contribution in [1.29, 1.82) is 0 Å². The van der Waals surface area contributed by atoms with E-state index in [1.165, 1.54) is 16.3 Å². The van der Waals surface area contributed by atoms with Crippen molar-refractivity contribution in [1.82, 2.24) is 15.4 Å². The van der Waals surface area contributed by atoms with E-state index in [1.807, 2.05) is 12.1 Å². The van der Waals surface area contributed by atoms with Crippen molar-refractivity contribution in [2.24, 2.45) is 0 Å². The number of hydrogen-bond donors (Lipinski definition) is 1. The molecule has 0 saturated heterocycles. The molecule has 0 radical (unpaired) electrons. The van der Waals surface area contributed by atoms with Crippen LogP contribution in [0.1, 0.15) is 0 Å². The first kappa shape index (κ1) is 10.3. The van der Waals surface area contributed by atoms with Crippen LogP contribution in [0.5, 0.6) is 0 Å². The molecule has 4 rings (SSSR count). The maximum absolute atomic E-state index is 4.24. The quantitative estimate of drug-likeness (QED) is 0.554. The lowest BCUT2D eigenvalue weighted by Crippen LogP contribution is -1.81. The van der Waals surface area contributed by atoms with Gasteiger partial charge in [0.1, 0.15) is 11.0 Å². The van der Waals surface area contributed by atoms with Crippen molar-refractivity contribution in [3.63, 3.8) is 0 Å². The smallest absolute Gasteiger partial charge is 0.120 e. The topological polar surface area (TPSA) is 41.6 Å². The molecular formula is C16H11N3. The first-order valence-corrected chi connectivity index (χ1v) is 6.20. The average Bonchev–Trinajstić information content (AvgIpc) is 2.95. The fourth-order valence-electron chi connectivity index (χ4n) is 2.46. The van der Waals surface area contributed by atoms with Crippen molar-refractivity contribution in [3.8, 4) is 11.1 Å². The van der Waals surface area contributed by atoms with Crippen LogP contribution < -0.4 is 0 Å². The summed E-state index contributed by atoms with van der Waals surface area (Å²) < 4.78 is 0. The number of H-pyrrole nitrogens is 1. The van der Waals surface area contributed by atoms with Gasteiger partial charge in [-0.25, -0.2) is 0 Å². The number of fused-ring (bicyclic) bond motifs is 2. The number of rotatable bonds is 1. The van der Waals surface area contributed by atoms with Gasteiger partial charge >= 0.3 is 0 Å². The Morgan fingerprint density at radius 1 is 0.737 bits per heavy atom. The lowest BCUT2D eigenvalue weighted by molar-refractivity contribution is 0.959. The molecule has 0 unspecified atom stereocenters. The van der Waals surface area contributed by atoms with Crippen LogP contribution in [0.3, 0.4) is 0 Å². The number of aromatic amines is 1. The zero-order valence-corrected chi connectivity index (χ0v) is 10.2. The second-order valence-electron chi connectivity index (χ2n) is 4.56. The SMILES string of the molecule is c1ccc2cc(-c3cccc4n[nH]nc34)ccc2c1. The second-order valence-corrected chi connectivity index (χ2v) is 4.56. The Labute approximate surface area is 109 Å². The van der Waals surface area contributed by atoms with Crippen LogP contribution in [0.2, 0.25) is 0 Å². The molecule has 0 fully saturated rings. The molecule has 3 aromatic carbocycles. The first-order chi connectivity index (χ1) is 9.42. The molecule has 4 aromatic rings. The Morgan fingerprint density at radius 2 is 1.63 bits per heavy atom. The molecule has 3 heteroatoms. The molecule has 19 heavy (non-hydrogen) atoms. The Hall–Kier alpha value is -2.68. The summed E-state index contributed by atoms with van der Waals surface area (Å²) in [7, 11) is 0. The van der Waals surface area contributed by atoms with Crippen LogP contribution in [-0.4, -0.2) is 15.4 Å². The third-order valence-electron chi connectivity index (χ3n) is 3.41. The minimum absolute atomic E-state index is 0.894. The minimum atomic E-state index is 0.894. The number of nitrogens with one attached hydrogen (secondary N) is 1. The molecule has 1 N–H and O–H groups in total. The number of hydrogen-bond acceptors (Lipinski definition) is 2. The highest BCUT2D eigenvalue weighted by atomic mass is 15.3. The van der Waals surface area contributed by atoms with Crippen molar-refractivity contribution < 1.29 is 0 Å². The Bertz CT molecular complexity index is 877. The Kier molecular flexibility index (Phi) is 2.12. The fourth-order valence-corrected chi connectivity index (χ4v) is 2.46. The lowest BCUT2D eigenvalue weighted by Gasteiger charge is -2.04. The zero-order chi connectivity index (χ0) is 12.7. The van der Waals surface area contributed by atoms with Gasteiger partial charge in [0, 0.05) is 5.56 Å². The summed E-state index contributed by atoms with van der Waals surface area (Å²) in [5.74, 6) is 0. The van der Waals surface area contributed by atoms with E-state index in [-0.39, 0.29) is 0 Å².